The first-order chi connectivity index (χ1) is 12.5. The quantitative estimate of drug-likeness (QED) is 0.683. The molecule has 3 aromatic rings. The molecule has 0 N–H and O–H groups in total. The third kappa shape index (κ3) is 2.88. The molecule has 1 aliphatic heterocycles. The van der Waals surface area contributed by atoms with E-state index < -0.39 is 0 Å². The molecule has 0 aliphatic carbocycles. The Balaban J connectivity index is 1.59. The van der Waals surface area contributed by atoms with Crippen LogP contribution >= 0.6 is 11.6 Å². The number of para-hydroxylation sites is 1. The number of benzene rings is 2. The Morgan fingerprint density at radius 1 is 1.15 bits per heavy atom. The molecule has 1 aromatic heterocycles. The molecule has 0 spiro atoms. The van der Waals surface area contributed by atoms with Gasteiger partial charge in [-0.25, -0.2) is 0 Å². The number of fused-ring (bicyclic) bond motifs is 2. The first-order valence-corrected chi connectivity index (χ1v) is 8.74. The minimum absolute atomic E-state index is 0.190. The van der Waals surface area contributed by atoms with E-state index in [1.54, 1.807) is 18.0 Å². The molecule has 0 saturated heterocycles. The largest absolute Gasteiger partial charge is 0.486 e. The number of halogens is 1. The van der Waals surface area contributed by atoms with Crippen LogP contribution in [0.2, 0.25) is 5.02 Å². The van der Waals surface area contributed by atoms with Gasteiger partial charge in [-0.3, -0.25) is 4.79 Å². The first-order valence-electron chi connectivity index (χ1n) is 8.36. The molecule has 0 fully saturated rings. The van der Waals surface area contributed by atoms with Crippen molar-refractivity contribution >= 4 is 28.5 Å². The van der Waals surface area contributed by atoms with Crippen LogP contribution in [0.5, 0.6) is 11.5 Å². The van der Waals surface area contributed by atoms with Crippen molar-refractivity contribution in [1.82, 2.24) is 4.90 Å². The zero-order valence-corrected chi connectivity index (χ0v) is 15.3. The van der Waals surface area contributed by atoms with Crippen LogP contribution in [0.1, 0.15) is 21.7 Å². The maximum atomic E-state index is 12.9. The van der Waals surface area contributed by atoms with Gasteiger partial charge >= 0.3 is 0 Å². The second-order valence-corrected chi connectivity index (χ2v) is 6.72. The van der Waals surface area contributed by atoms with Crippen molar-refractivity contribution in [3.05, 3.63) is 58.3 Å². The molecule has 0 unspecified atom stereocenters. The number of carbonyl (C=O) groups is 1. The number of hydrogen-bond donors (Lipinski definition) is 0. The zero-order valence-electron chi connectivity index (χ0n) is 14.5. The average molecular weight is 372 g/mol. The van der Waals surface area contributed by atoms with E-state index in [4.69, 9.17) is 25.5 Å². The van der Waals surface area contributed by atoms with E-state index in [2.05, 4.69) is 0 Å². The van der Waals surface area contributed by atoms with Crippen molar-refractivity contribution in [2.45, 2.75) is 13.5 Å². The average Bonchev–Trinajstić information content (AvgIpc) is 2.99. The number of amides is 1. The lowest BCUT2D eigenvalue weighted by molar-refractivity contribution is 0.0754. The summed E-state index contributed by atoms with van der Waals surface area (Å²) in [5.74, 6) is 1.57. The molecule has 5 nitrogen and oxygen atoms in total. The maximum absolute atomic E-state index is 12.9. The molecule has 0 atom stereocenters. The Bertz CT molecular complexity index is 995. The Labute approximate surface area is 156 Å². The smallest absolute Gasteiger partial charge is 0.289 e. The van der Waals surface area contributed by atoms with Crippen LogP contribution in [-0.4, -0.2) is 31.1 Å². The molecule has 6 heteroatoms. The predicted molar refractivity (Wildman–Crippen MR) is 99.2 cm³/mol. The lowest BCUT2D eigenvalue weighted by Gasteiger charge is -2.21. The standard InChI is InChI=1S/C20H18ClNO4/c1-12-14-4-3-5-15(21)19(14)26-18(12)20(23)22(2)11-13-6-7-16-17(10-13)25-9-8-24-16/h3-7,10H,8-9,11H2,1-2H3. The van der Waals surface area contributed by atoms with Crippen LogP contribution in [0.3, 0.4) is 0 Å². The highest BCUT2D eigenvalue weighted by Crippen LogP contribution is 2.33. The molecule has 1 amide bonds. The van der Waals surface area contributed by atoms with Crippen molar-refractivity contribution in [1.29, 1.82) is 0 Å². The van der Waals surface area contributed by atoms with Crippen LogP contribution in [0.15, 0.2) is 40.8 Å². The fourth-order valence-corrected chi connectivity index (χ4v) is 3.33. The Morgan fingerprint density at radius 2 is 1.92 bits per heavy atom. The molecule has 0 saturated carbocycles. The molecule has 1 aliphatic rings. The van der Waals surface area contributed by atoms with Gasteiger partial charge in [0.2, 0.25) is 0 Å². The van der Waals surface area contributed by atoms with Crippen LogP contribution in [-0.2, 0) is 6.54 Å². The van der Waals surface area contributed by atoms with Crippen molar-refractivity contribution < 1.29 is 18.7 Å². The summed E-state index contributed by atoms with van der Waals surface area (Å²) in [5, 5.41) is 1.35. The second kappa shape index (κ2) is 6.57. The number of furan rings is 1. The number of carbonyl (C=O) groups excluding carboxylic acids is 1. The van der Waals surface area contributed by atoms with Crippen molar-refractivity contribution in [3.63, 3.8) is 0 Å². The predicted octanol–water partition coefficient (Wildman–Crippen LogP) is 4.44. The van der Waals surface area contributed by atoms with E-state index >= 15 is 0 Å². The Kier molecular flexibility index (Phi) is 4.24. The second-order valence-electron chi connectivity index (χ2n) is 6.31. The third-order valence-corrected chi connectivity index (χ3v) is 4.78. The van der Waals surface area contributed by atoms with Crippen molar-refractivity contribution in [2.24, 2.45) is 0 Å². The van der Waals surface area contributed by atoms with Gasteiger partial charge in [0.05, 0.1) is 5.02 Å². The summed E-state index contributed by atoms with van der Waals surface area (Å²) >= 11 is 6.18. The molecule has 0 bridgehead atoms. The van der Waals surface area contributed by atoms with Crippen molar-refractivity contribution in [3.8, 4) is 11.5 Å². The van der Waals surface area contributed by atoms with Crippen molar-refractivity contribution in [2.75, 3.05) is 20.3 Å². The molecule has 0 radical (unpaired) electrons. The number of ether oxygens (including phenoxy) is 2. The number of nitrogens with zero attached hydrogens (tertiary/aromatic N) is 1. The van der Waals surface area contributed by atoms with Gasteiger partial charge in [-0.1, -0.05) is 29.8 Å². The van der Waals surface area contributed by atoms with Gasteiger partial charge in [0.1, 0.15) is 13.2 Å². The minimum Gasteiger partial charge on any atom is -0.486 e. The Hall–Kier alpha value is -2.66. The van der Waals surface area contributed by atoms with Gasteiger partial charge in [-0.15, -0.1) is 0 Å². The van der Waals surface area contributed by atoms with E-state index in [1.807, 2.05) is 37.3 Å². The summed E-state index contributed by atoms with van der Waals surface area (Å²) in [6.45, 7) is 3.38. The summed E-state index contributed by atoms with van der Waals surface area (Å²) in [6, 6.07) is 11.2. The summed E-state index contributed by atoms with van der Waals surface area (Å²) in [5.41, 5.74) is 2.29. The number of rotatable bonds is 3. The molecule has 26 heavy (non-hydrogen) atoms. The van der Waals surface area contributed by atoms with E-state index in [0.29, 0.717) is 41.9 Å². The highest BCUT2D eigenvalue weighted by Gasteiger charge is 2.22. The monoisotopic (exact) mass is 371 g/mol. The minimum atomic E-state index is -0.190. The molecule has 2 heterocycles. The SMILES string of the molecule is Cc1c(C(=O)N(C)Cc2ccc3c(c2)OCCO3)oc2c(Cl)cccc12. The fourth-order valence-electron chi connectivity index (χ4n) is 3.12. The lowest BCUT2D eigenvalue weighted by Crippen LogP contribution is -2.26. The number of aryl methyl sites for hydroxylation is 1. The molecular weight excluding hydrogens is 354 g/mol. The molecule has 2 aromatic carbocycles. The Morgan fingerprint density at radius 3 is 2.69 bits per heavy atom. The van der Waals surface area contributed by atoms with E-state index in [1.165, 1.54) is 0 Å². The molecular formula is C20H18ClNO4. The lowest BCUT2D eigenvalue weighted by atomic mass is 10.1. The van der Waals surface area contributed by atoms with E-state index in [-0.39, 0.29) is 5.91 Å². The molecule has 4 rings (SSSR count). The van der Waals surface area contributed by atoms with E-state index in [0.717, 1.165) is 22.3 Å². The molecule has 134 valence electrons. The van der Waals surface area contributed by atoms with Crippen LogP contribution in [0, 0.1) is 6.92 Å². The summed E-state index contributed by atoms with van der Waals surface area (Å²) in [7, 11) is 1.74. The van der Waals surface area contributed by atoms with Gasteiger partial charge in [0, 0.05) is 24.5 Å². The van der Waals surface area contributed by atoms with Crippen LogP contribution < -0.4 is 9.47 Å². The van der Waals surface area contributed by atoms with Crippen LogP contribution in [0.25, 0.3) is 11.0 Å². The van der Waals surface area contributed by atoms with Crippen LogP contribution in [0.4, 0.5) is 0 Å². The number of hydrogen-bond acceptors (Lipinski definition) is 4. The van der Waals surface area contributed by atoms with Gasteiger partial charge in [-0.05, 0) is 30.7 Å². The summed E-state index contributed by atoms with van der Waals surface area (Å²) in [4.78, 5) is 14.5. The summed E-state index contributed by atoms with van der Waals surface area (Å²) < 4.78 is 16.9. The maximum Gasteiger partial charge on any atom is 0.289 e. The van der Waals surface area contributed by atoms with Gasteiger partial charge in [0.15, 0.2) is 22.8 Å². The van der Waals surface area contributed by atoms with Gasteiger partial charge in [-0.2, -0.15) is 0 Å². The third-order valence-electron chi connectivity index (χ3n) is 4.48. The topological polar surface area (TPSA) is 51.9 Å². The summed E-state index contributed by atoms with van der Waals surface area (Å²) in [6.07, 6.45) is 0. The van der Waals surface area contributed by atoms with Gasteiger partial charge in [0.25, 0.3) is 5.91 Å². The highest BCUT2D eigenvalue weighted by atomic mass is 35.5. The van der Waals surface area contributed by atoms with Gasteiger partial charge < -0.3 is 18.8 Å². The zero-order chi connectivity index (χ0) is 18.3. The van der Waals surface area contributed by atoms with E-state index in [9.17, 15) is 4.79 Å². The first kappa shape index (κ1) is 16.8. The fraction of sp³-hybridized carbons (Fsp3) is 0.250. The normalized spacial score (nSPS) is 13.0. The highest BCUT2D eigenvalue weighted by molar-refractivity contribution is 6.35.